The second-order valence-electron chi connectivity index (χ2n) is 3.09. The van der Waals surface area contributed by atoms with Crippen LogP contribution in [0.3, 0.4) is 0 Å². The van der Waals surface area contributed by atoms with Gasteiger partial charge in [0.25, 0.3) is 0 Å². The van der Waals surface area contributed by atoms with Gasteiger partial charge in [0.2, 0.25) is 0 Å². The molecule has 2 aromatic rings. The summed E-state index contributed by atoms with van der Waals surface area (Å²) in [4.78, 5) is 1.37. The van der Waals surface area contributed by atoms with Crippen LogP contribution < -0.4 is 4.74 Å². The van der Waals surface area contributed by atoms with Gasteiger partial charge in [0.15, 0.2) is 0 Å². The highest BCUT2D eigenvalue weighted by Crippen LogP contribution is 2.39. The molecule has 3 heteroatoms. The predicted octanol–water partition coefficient (Wildman–Crippen LogP) is 3.94. The molecule has 0 bridgehead atoms. The molecule has 0 saturated heterocycles. The van der Waals surface area contributed by atoms with Gasteiger partial charge in [-0.3, -0.25) is 0 Å². The minimum absolute atomic E-state index is 0.983. The lowest BCUT2D eigenvalue weighted by atomic mass is 10.2. The first-order valence-corrected chi connectivity index (χ1v) is 6.47. The van der Waals surface area contributed by atoms with Crippen LogP contribution in [-0.4, -0.2) is 13.4 Å². The lowest BCUT2D eigenvalue weighted by Crippen LogP contribution is -1.86. The number of ether oxygens (including phenoxy) is 1. The van der Waals surface area contributed by atoms with Crippen molar-refractivity contribution < 1.29 is 4.74 Å². The molecule has 14 heavy (non-hydrogen) atoms. The third-order valence-corrected chi connectivity index (χ3v) is 4.26. The first-order valence-electron chi connectivity index (χ1n) is 4.36. The van der Waals surface area contributed by atoms with Crippen molar-refractivity contribution in [3.63, 3.8) is 0 Å². The number of hydrogen-bond donors (Lipinski definition) is 0. The zero-order chi connectivity index (χ0) is 10.1. The van der Waals surface area contributed by atoms with E-state index >= 15 is 0 Å². The van der Waals surface area contributed by atoms with E-state index in [9.17, 15) is 0 Å². The van der Waals surface area contributed by atoms with E-state index in [1.807, 2.05) is 0 Å². The molecule has 74 valence electrons. The van der Waals surface area contributed by atoms with E-state index in [0.29, 0.717) is 0 Å². The molecular weight excluding hydrogens is 212 g/mol. The van der Waals surface area contributed by atoms with Crippen molar-refractivity contribution in [2.45, 2.75) is 11.8 Å². The summed E-state index contributed by atoms with van der Waals surface area (Å²) in [5.74, 6) is 0.983. The fraction of sp³-hybridized carbons (Fsp3) is 0.273. The van der Waals surface area contributed by atoms with Gasteiger partial charge < -0.3 is 4.74 Å². The highest BCUT2D eigenvalue weighted by atomic mass is 32.2. The minimum atomic E-state index is 0.983. The number of benzene rings is 1. The third-order valence-electron chi connectivity index (χ3n) is 2.27. The molecule has 0 atom stereocenters. The Morgan fingerprint density at radius 1 is 1.43 bits per heavy atom. The Morgan fingerprint density at radius 2 is 2.21 bits per heavy atom. The number of methoxy groups -OCH3 is 1. The SMILES string of the molecule is COc1cc(C)c(SC)c2sccc12. The van der Waals surface area contributed by atoms with Crippen molar-refractivity contribution in [1.29, 1.82) is 0 Å². The molecule has 0 fully saturated rings. The highest BCUT2D eigenvalue weighted by Gasteiger charge is 2.10. The quantitative estimate of drug-likeness (QED) is 0.715. The van der Waals surface area contributed by atoms with Crippen LogP contribution in [0.15, 0.2) is 22.4 Å². The van der Waals surface area contributed by atoms with Crippen LogP contribution in [0, 0.1) is 6.92 Å². The number of thiophene rings is 1. The summed E-state index contributed by atoms with van der Waals surface area (Å²) in [6, 6.07) is 4.23. The number of rotatable bonds is 2. The number of thioether (sulfide) groups is 1. The fourth-order valence-corrected chi connectivity index (χ4v) is 3.60. The standard InChI is InChI=1S/C11H12OS2/c1-7-6-9(12-2)8-4-5-14-11(8)10(7)13-3/h4-6H,1-3H3. The summed E-state index contributed by atoms with van der Waals surface area (Å²) in [6.07, 6.45) is 2.12. The van der Waals surface area contributed by atoms with Gasteiger partial charge in [-0.05, 0) is 36.3 Å². The molecule has 0 unspecified atom stereocenters. The second-order valence-corrected chi connectivity index (χ2v) is 4.82. The van der Waals surface area contributed by atoms with Gasteiger partial charge in [0.05, 0.1) is 11.8 Å². The van der Waals surface area contributed by atoms with Gasteiger partial charge in [-0.25, -0.2) is 0 Å². The van der Waals surface area contributed by atoms with E-state index in [4.69, 9.17) is 4.74 Å². The molecular formula is C11H12OS2. The summed E-state index contributed by atoms with van der Waals surface area (Å²) >= 11 is 3.58. The van der Waals surface area contributed by atoms with E-state index in [-0.39, 0.29) is 0 Å². The summed E-state index contributed by atoms with van der Waals surface area (Å²) < 4.78 is 6.71. The zero-order valence-electron chi connectivity index (χ0n) is 8.46. The molecule has 0 aliphatic carbocycles. The predicted molar refractivity (Wildman–Crippen MR) is 64.9 cm³/mol. The molecule has 0 aliphatic rings. The maximum atomic E-state index is 5.36. The maximum absolute atomic E-state index is 5.36. The normalized spacial score (nSPS) is 10.8. The molecule has 0 N–H and O–H groups in total. The van der Waals surface area contributed by atoms with E-state index in [1.54, 1.807) is 30.2 Å². The fourth-order valence-electron chi connectivity index (χ4n) is 1.62. The van der Waals surface area contributed by atoms with E-state index in [2.05, 4.69) is 30.7 Å². The van der Waals surface area contributed by atoms with Crippen molar-refractivity contribution >= 4 is 33.2 Å². The first-order chi connectivity index (χ1) is 6.77. The molecule has 0 radical (unpaired) electrons. The lowest BCUT2D eigenvalue weighted by Gasteiger charge is -2.08. The zero-order valence-corrected chi connectivity index (χ0v) is 10.1. The van der Waals surface area contributed by atoms with Gasteiger partial charge in [0.1, 0.15) is 5.75 Å². The summed E-state index contributed by atoms with van der Waals surface area (Å²) in [5.41, 5.74) is 1.30. The Morgan fingerprint density at radius 3 is 2.86 bits per heavy atom. The average molecular weight is 224 g/mol. The molecule has 0 aliphatic heterocycles. The monoisotopic (exact) mass is 224 g/mol. The van der Waals surface area contributed by atoms with Crippen LogP contribution in [0.2, 0.25) is 0 Å². The third kappa shape index (κ3) is 1.41. The van der Waals surface area contributed by atoms with Crippen LogP contribution >= 0.6 is 23.1 Å². The first kappa shape index (κ1) is 9.87. The molecule has 1 heterocycles. The van der Waals surface area contributed by atoms with Gasteiger partial charge in [-0.15, -0.1) is 23.1 Å². The molecule has 1 nitrogen and oxygen atoms in total. The van der Waals surface area contributed by atoms with Gasteiger partial charge in [0, 0.05) is 10.3 Å². The van der Waals surface area contributed by atoms with Crippen molar-refractivity contribution in [3.05, 3.63) is 23.1 Å². The Kier molecular flexibility index (Phi) is 2.70. The number of fused-ring (bicyclic) bond motifs is 1. The van der Waals surface area contributed by atoms with Crippen LogP contribution in [-0.2, 0) is 0 Å². The average Bonchev–Trinajstić information content (AvgIpc) is 2.65. The Balaban J connectivity index is 2.81. The van der Waals surface area contributed by atoms with Gasteiger partial charge in [-0.1, -0.05) is 0 Å². The van der Waals surface area contributed by atoms with E-state index in [1.165, 1.54) is 20.5 Å². The highest BCUT2D eigenvalue weighted by molar-refractivity contribution is 7.99. The maximum Gasteiger partial charge on any atom is 0.127 e. The van der Waals surface area contributed by atoms with Crippen molar-refractivity contribution in [2.75, 3.05) is 13.4 Å². The smallest absolute Gasteiger partial charge is 0.127 e. The second kappa shape index (κ2) is 3.83. The lowest BCUT2D eigenvalue weighted by molar-refractivity contribution is 0.419. The van der Waals surface area contributed by atoms with Crippen LogP contribution in [0.1, 0.15) is 5.56 Å². The van der Waals surface area contributed by atoms with Crippen molar-refractivity contribution in [3.8, 4) is 5.75 Å². The van der Waals surface area contributed by atoms with Crippen molar-refractivity contribution in [2.24, 2.45) is 0 Å². The van der Waals surface area contributed by atoms with Gasteiger partial charge >= 0.3 is 0 Å². The van der Waals surface area contributed by atoms with Crippen LogP contribution in [0.25, 0.3) is 10.1 Å². The molecule has 0 amide bonds. The Bertz CT molecular complexity index is 460. The van der Waals surface area contributed by atoms with E-state index < -0.39 is 0 Å². The summed E-state index contributed by atoms with van der Waals surface area (Å²) in [7, 11) is 1.73. The van der Waals surface area contributed by atoms with Crippen molar-refractivity contribution in [1.82, 2.24) is 0 Å². The minimum Gasteiger partial charge on any atom is -0.496 e. The summed E-state index contributed by atoms with van der Waals surface area (Å²) in [5, 5.41) is 3.35. The molecule has 0 saturated carbocycles. The molecule has 0 spiro atoms. The number of aryl methyl sites for hydroxylation is 1. The Labute approximate surface area is 92.1 Å². The van der Waals surface area contributed by atoms with Gasteiger partial charge in [-0.2, -0.15) is 0 Å². The molecule has 1 aromatic heterocycles. The molecule has 2 rings (SSSR count). The Hall–Kier alpha value is -0.670. The molecule has 1 aromatic carbocycles. The van der Waals surface area contributed by atoms with Crippen LogP contribution in [0.4, 0.5) is 0 Å². The number of hydrogen-bond acceptors (Lipinski definition) is 3. The van der Waals surface area contributed by atoms with Crippen LogP contribution in [0.5, 0.6) is 5.75 Å². The van der Waals surface area contributed by atoms with E-state index in [0.717, 1.165) is 5.75 Å². The summed E-state index contributed by atoms with van der Waals surface area (Å²) in [6.45, 7) is 2.13. The largest absolute Gasteiger partial charge is 0.496 e. The topological polar surface area (TPSA) is 9.23 Å².